The van der Waals surface area contributed by atoms with Crippen LogP contribution in [-0.4, -0.2) is 39.2 Å². The van der Waals surface area contributed by atoms with E-state index in [1.54, 1.807) is 23.6 Å². The lowest BCUT2D eigenvalue weighted by molar-refractivity contribution is -0.305. The summed E-state index contributed by atoms with van der Waals surface area (Å²) in [4.78, 5) is 34.7. The number of nitrogens with one attached hydrogen (secondary N) is 1. The molecular weight excluding hydrogens is 374 g/mol. The molecule has 1 N–H and O–H groups in total. The molecule has 0 unspecified atom stereocenters. The van der Waals surface area contributed by atoms with Crippen molar-refractivity contribution in [1.82, 2.24) is 0 Å². The minimum Gasteiger partial charge on any atom is -0.550 e. The highest BCUT2D eigenvalue weighted by Crippen LogP contribution is 2.39. The summed E-state index contributed by atoms with van der Waals surface area (Å²) in [6, 6.07) is 5.15. The zero-order valence-electron chi connectivity index (χ0n) is 15.0. The van der Waals surface area contributed by atoms with Crippen molar-refractivity contribution in [3.8, 4) is 22.6 Å². The molecule has 2 rings (SSSR count). The zero-order chi connectivity index (χ0) is 20.0. The van der Waals surface area contributed by atoms with Crippen molar-refractivity contribution in [1.29, 1.82) is 0 Å². The fourth-order valence-electron chi connectivity index (χ4n) is 2.38. The number of methoxy groups -OCH3 is 3. The number of hydrogen-bond donors (Lipinski definition) is 1. The van der Waals surface area contributed by atoms with Crippen LogP contribution < -0.4 is 19.9 Å². The van der Waals surface area contributed by atoms with Crippen molar-refractivity contribution >= 4 is 34.2 Å². The van der Waals surface area contributed by atoms with E-state index in [2.05, 4.69) is 5.32 Å². The second-order valence-corrected chi connectivity index (χ2v) is 6.21. The predicted molar refractivity (Wildman–Crippen MR) is 97.1 cm³/mol. The summed E-state index contributed by atoms with van der Waals surface area (Å²) in [6.07, 6.45) is -0.667. The molecule has 0 aliphatic heterocycles. The smallest absolute Gasteiger partial charge is 0.341 e. The number of carboxylic acid groups (broad SMARTS) is 1. The number of carbonyl (C=O) groups excluding carboxylic acids is 3. The van der Waals surface area contributed by atoms with Crippen LogP contribution in [0.2, 0.25) is 0 Å². The third-order valence-corrected chi connectivity index (χ3v) is 4.58. The number of esters is 1. The van der Waals surface area contributed by atoms with Crippen molar-refractivity contribution < 1.29 is 33.7 Å². The standard InChI is InChI=1S/C18H19NO7S/c1-24-12-5-4-10(8-13(12)25-2)11-9-27-17(16(11)18(23)26-3)19-14(20)6-7-15(21)22/h4-5,8-9H,6-7H2,1-3H3,(H,19,20)(H,21,22)/p-1. The van der Waals surface area contributed by atoms with Gasteiger partial charge in [-0.05, 0) is 24.1 Å². The topological polar surface area (TPSA) is 114 Å². The van der Waals surface area contributed by atoms with Gasteiger partial charge in [0.25, 0.3) is 0 Å². The molecule has 8 nitrogen and oxygen atoms in total. The van der Waals surface area contributed by atoms with E-state index in [0.29, 0.717) is 22.6 Å². The molecule has 144 valence electrons. The maximum atomic E-state index is 12.3. The summed E-state index contributed by atoms with van der Waals surface area (Å²) in [7, 11) is 4.25. The lowest BCUT2D eigenvalue weighted by Gasteiger charge is -2.11. The minimum atomic E-state index is -1.32. The third-order valence-electron chi connectivity index (χ3n) is 3.68. The number of amides is 1. The van der Waals surface area contributed by atoms with Gasteiger partial charge in [0.05, 0.1) is 21.3 Å². The molecule has 27 heavy (non-hydrogen) atoms. The van der Waals surface area contributed by atoms with Gasteiger partial charge in [-0.1, -0.05) is 6.07 Å². The van der Waals surface area contributed by atoms with E-state index >= 15 is 0 Å². The second-order valence-electron chi connectivity index (χ2n) is 5.34. The highest BCUT2D eigenvalue weighted by atomic mass is 32.1. The van der Waals surface area contributed by atoms with Gasteiger partial charge in [0.2, 0.25) is 5.91 Å². The van der Waals surface area contributed by atoms with Crippen molar-refractivity contribution in [2.45, 2.75) is 12.8 Å². The molecule has 0 fully saturated rings. The molecule has 0 saturated carbocycles. The number of aliphatic carboxylic acids is 1. The largest absolute Gasteiger partial charge is 0.550 e. The molecule has 0 radical (unpaired) electrons. The van der Waals surface area contributed by atoms with Gasteiger partial charge in [-0.25, -0.2) is 4.79 Å². The van der Waals surface area contributed by atoms with Crippen LogP contribution in [-0.2, 0) is 14.3 Å². The van der Waals surface area contributed by atoms with Gasteiger partial charge >= 0.3 is 5.97 Å². The highest BCUT2D eigenvalue weighted by molar-refractivity contribution is 7.15. The van der Waals surface area contributed by atoms with Crippen LogP contribution in [0.4, 0.5) is 5.00 Å². The first-order chi connectivity index (χ1) is 12.9. The average molecular weight is 392 g/mol. The Morgan fingerprint density at radius 3 is 2.37 bits per heavy atom. The summed E-state index contributed by atoms with van der Waals surface area (Å²) in [5.41, 5.74) is 1.39. The Hall–Kier alpha value is -3.07. The molecule has 0 atom stereocenters. The van der Waals surface area contributed by atoms with E-state index in [1.807, 2.05) is 0 Å². The maximum Gasteiger partial charge on any atom is 0.341 e. The summed E-state index contributed by atoms with van der Waals surface area (Å²) < 4.78 is 15.3. The number of benzene rings is 1. The number of hydrogen-bond acceptors (Lipinski definition) is 8. The van der Waals surface area contributed by atoms with E-state index in [0.717, 1.165) is 11.3 Å². The van der Waals surface area contributed by atoms with Gasteiger partial charge in [-0.3, -0.25) is 4.79 Å². The fourth-order valence-corrected chi connectivity index (χ4v) is 3.35. The van der Waals surface area contributed by atoms with Crippen LogP contribution in [0.3, 0.4) is 0 Å². The third kappa shape index (κ3) is 4.76. The molecule has 0 aliphatic carbocycles. The summed E-state index contributed by atoms with van der Waals surface area (Å²) >= 11 is 1.13. The van der Waals surface area contributed by atoms with E-state index in [9.17, 15) is 19.5 Å². The predicted octanol–water partition coefficient (Wildman–Crippen LogP) is 1.69. The molecule has 1 amide bonds. The molecule has 0 spiro atoms. The van der Waals surface area contributed by atoms with E-state index in [1.165, 1.54) is 21.3 Å². The monoisotopic (exact) mass is 392 g/mol. The van der Waals surface area contributed by atoms with Crippen LogP contribution >= 0.6 is 11.3 Å². The quantitative estimate of drug-likeness (QED) is 0.680. The average Bonchev–Trinajstić information content (AvgIpc) is 3.08. The molecule has 1 aromatic heterocycles. The SMILES string of the molecule is COC(=O)c1c(-c2ccc(OC)c(OC)c2)csc1NC(=O)CCC(=O)[O-]. The van der Waals surface area contributed by atoms with Crippen molar-refractivity contribution in [2.24, 2.45) is 0 Å². The normalized spacial score (nSPS) is 10.2. The second kappa shape index (κ2) is 9.04. The number of thiophene rings is 1. The van der Waals surface area contributed by atoms with Gasteiger partial charge in [0.15, 0.2) is 11.5 Å². The molecule has 1 aromatic carbocycles. The van der Waals surface area contributed by atoms with Crippen molar-refractivity contribution in [3.63, 3.8) is 0 Å². The van der Waals surface area contributed by atoms with E-state index in [4.69, 9.17) is 14.2 Å². The summed E-state index contributed by atoms with van der Waals surface area (Å²) in [5.74, 6) is -1.47. The van der Waals surface area contributed by atoms with Gasteiger partial charge in [-0.15, -0.1) is 11.3 Å². The van der Waals surface area contributed by atoms with Gasteiger partial charge in [0.1, 0.15) is 10.6 Å². The number of carboxylic acids is 1. The molecule has 9 heteroatoms. The Morgan fingerprint density at radius 2 is 1.78 bits per heavy atom. The molecule has 0 saturated heterocycles. The Bertz CT molecular complexity index is 859. The summed E-state index contributed by atoms with van der Waals surface area (Å²) in [5, 5.41) is 15.0. The molecule has 0 aliphatic rings. The van der Waals surface area contributed by atoms with Crippen LogP contribution in [0, 0.1) is 0 Å². The highest BCUT2D eigenvalue weighted by Gasteiger charge is 2.23. The number of anilines is 1. The van der Waals surface area contributed by atoms with Gasteiger partial charge in [-0.2, -0.15) is 0 Å². The first kappa shape index (κ1) is 20.2. The zero-order valence-corrected chi connectivity index (χ0v) is 15.8. The van der Waals surface area contributed by atoms with Crippen molar-refractivity contribution in [2.75, 3.05) is 26.6 Å². The van der Waals surface area contributed by atoms with E-state index in [-0.39, 0.29) is 17.0 Å². The van der Waals surface area contributed by atoms with Gasteiger partial charge < -0.3 is 29.4 Å². The molecule has 0 bridgehead atoms. The Kier molecular flexibility index (Phi) is 6.78. The van der Waals surface area contributed by atoms with Crippen LogP contribution in [0.15, 0.2) is 23.6 Å². The van der Waals surface area contributed by atoms with Crippen LogP contribution in [0.5, 0.6) is 11.5 Å². The minimum absolute atomic E-state index is 0.177. The number of rotatable bonds is 8. The van der Waals surface area contributed by atoms with Gasteiger partial charge in [0, 0.05) is 23.3 Å². The molecule has 2 aromatic rings. The molecule has 1 heterocycles. The maximum absolute atomic E-state index is 12.3. The summed E-state index contributed by atoms with van der Waals surface area (Å²) in [6.45, 7) is 0. The Balaban J connectivity index is 2.40. The first-order valence-electron chi connectivity index (χ1n) is 7.83. The Morgan fingerprint density at radius 1 is 1.07 bits per heavy atom. The molecular formula is C18H18NO7S-. The van der Waals surface area contributed by atoms with Crippen LogP contribution in [0.25, 0.3) is 11.1 Å². The van der Waals surface area contributed by atoms with Crippen LogP contribution in [0.1, 0.15) is 23.2 Å². The Labute approximate surface area is 159 Å². The number of carbonyl (C=O) groups is 3. The first-order valence-corrected chi connectivity index (χ1v) is 8.71. The number of ether oxygens (including phenoxy) is 3. The van der Waals surface area contributed by atoms with E-state index < -0.39 is 24.3 Å². The lowest BCUT2D eigenvalue weighted by atomic mass is 10.0. The fraction of sp³-hybridized carbons (Fsp3) is 0.278. The lowest BCUT2D eigenvalue weighted by Crippen LogP contribution is -2.24. The van der Waals surface area contributed by atoms with Crippen molar-refractivity contribution in [3.05, 3.63) is 29.1 Å².